The second-order valence-electron chi connectivity index (χ2n) is 5.25. The van der Waals surface area contributed by atoms with Crippen molar-refractivity contribution >= 4 is 29.6 Å². The molecule has 25 heavy (non-hydrogen) atoms. The Labute approximate surface area is 143 Å². The van der Waals surface area contributed by atoms with Crippen LogP contribution in [0.15, 0.2) is 54.1 Å². The van der Waals surface area contributed by atoms with Crippen LogP contribution in [-0.4, -0.2) is 30.1 Å². The highest BCUT2D eigenvalue weighted by molar-refractivity contribution is 6.39. The Morgan fingerprint density at radius 3 is 2.24 bits per heavy atom. The van der Waals surface area contributed by atoms with Crippen molar-refractivity contribution in [1.29, 1.82) is 0 Å². The lowest BCUT2D eigenvalue weighted by Gasteiger charge is -2.26. The van der Waals surface area contributed by atoms with Crippen molar-refractivity contribution in [1.82, 2.24) is 5.32 Å². The Morgan fingerprint density at radius 1 is 1.00 bits per heavy atom. The largest absolute Gasteiger partial charge is 0.508 e. The number of hydrogen-bond donors (Lipinski definition) is 2. The fourth-order valence-electron chi connectivity index (χ4n) is 2.36. The van der Waals surface area contributed by atoms with Gasteiger partial charge in [-0.3, -0.25) is 14.9 Å². The minimum atomic E-state index is -0.817. The molecule has 3 rings (SSSR count). The van der Waals surface area contributed by atoms with Crippen molar-refractivity contribution in [2.24, 2.45) is 0 Å². The van der Waals surface area contributed by atoms with E-state index in [-0.39, 0.29) is 11.3 Å². The third-order valence-corrected chi connectivity index (χ3v) is 3.64. The first-order valence-corrected chi connectivity index (χ1v) is 7.34. The number of hydrogen-bond acceptors (Lipinski definition) is 5. The molecule has 0 spiro atoms. The van der Waals surface area contributed by atoms with Gasteiger partial charge < -0.3 is 9.84 Å². The molecule has 2 aromatic rings. The summed E-state index contributed by atoms with van der Waals surface area (Å²) in [6.45, 7) is 0. The number of amides is 4. The molecule has 1 saturated heterocycles. The molecule has 1 aliphatic heterocycles. The smallest absolute Gasteiger partial charge is 0.335 e. The average Bonchev–Trinajstić information content (AvgIpc) is 2.60. The van der Waals surface area contributed by atoms with E-state index in [1.54, 1.807) is 36.4 Å². The van der Waals surface area contributed by atoms with Gasteiger partial charge in [0.2, 0.25) is 0 Å². The average molecular weight is 338 g/mol. The summed E-state index contributed by atoms with van der Waals surface area (Å²) in [5, 5.41) is 11.5. The van der Waals surface area contributed by atoms with E-state index in [1.165, 1.54) is 25.3 Å². The van der Waals surface area contributed by atoms with Crippen LogP contribution in [0, 0.1) is 0 Å². The van der Waals surface area contributed by atoms with Gasteiger partial charge in [-0.1, -0.05) is 12.1 Å². The maximum absolute atomic E-state index is 12.7. The van der Waals surface area contributed by atoms with Gasteiger partial charge in [0.05, 0.1) is 12.8 Å². The van der Waals surface area contributed by atoms with Gasteiger partial charge in [0.1, 0.15) is 17.1 Å². The number of urea groups is 1. The Morgan fingerprint density at radius 2 is 1.64 bits per heavy atom. The number of carbonyl (C=O) groups excluding carboxylic acids is 3. The maximum Gasteiger partial charge on any atom is 0.335 e. The molecule has 0 unspecified atom stereocenters. The van der Waals surface area contributed by atoms with Crippen molar-refractivity contribution in [3.05, 3.63) is 59.7 Å². The van der Waals surface area contributed by atoms with Crippen molar-refractivity contribution in [2.75, 3.05) is 12.0 Å². The second-order valence-corrected chi connectivity index (χ2v) is 5.25. The third-order valence-electron chi connectivity index (χ3n) is 3.64. The number of methoxy groups -OCH3 is 1. The Balaban J connectivity index is 1.97. The summed E-state index contributed by atoms with van der Waals surface area (Å²) in [5.41, 5.74) is 0.675. The monoisotopic (exact) mass is 338 g/mol. The summed E-state index contributed by atoms with van der Waals surface area (Å²) >= 11 is 0. The van der Waals surface area contributed by atoms with Gasteiger partial charge in [-0.2, -0.15) is 0 Å². The van der Waals surface area contributed by atoms with Gasteiger partial charge in [0.25, 0.3) is 11.8 Å². The summed E-state index contributed by atoms with van der Waals surface area (Å²) in [6, 6.07) is 11.5. The number of barbiturate groups is 1. The molecule has 0 atom stereocenters. The number of nitrogens with zero attached hydrogens (tertiary/aromatic N) is 1. The van der Waals surface area contributed by atoms with E-state index in [1.807, 2.05) is 0 Å². The molecule has 2 aromatic carbocycles. The minimum absolute atomic E-state index is 0.0663. The SMILES string of the molecule is COc1ccc(N2C(=O)NC(=O)/C(=C/c3ccc(O)cc3)C2=O)cc1. The van der Waals surface area contributed by atoms with Crippen LogP contribution in [0.4, 0.5) is 10.5 Å². The zero-order chi connectivity index (χ0) is 18.0. The zero-order valence-corrected chi connectivity index (χ0v) is 13.2. The van der Waals surface area contributed by atoms with Gasteiger partial charge in [0, 0.05) is 0 Å². The minimum Gasteiger partial charge on any atom is -0.508 e. The Hall–Kier alpha value is -3.61. The van der Waals surface area contributed by atoms with E-state index in [0.29, 0.717) is 17.0 Å². The highest BCUT2D eigenvalue weighted by atomic mass is 16.5. The third kappa shape index (κ3) is 3.20. The van der Waals surface area contributed by atoms with Crippen LogP contribution in [0.2, 0.25) is 0 Å². The lowest BCUT2D eigenvalue weighted by atomic mass is 10.1. The van der Waals surface area contributed by atoms with E-state index in [2.05, 4.69) is 5.32 Å². The molecule has 0 aliphatic carbocycles. The summed E-state index contributed by atoms with van der Waals surface area (Å²) < 4.78 is 5.05. The van der Waals surface area contributed by atoms with Crippen LogP contribution in [0.25, 0.3) is 6.08 Å². The van der Waals surface area contributed by atoms with E-state index in [4.69, 9.17) is 4.74 Å². The molecule has 0 saturated carbocycles. The van der Waals surface area contributed by atoms with E-state index in [0.717, 1.165) is 4.90 Å². The van der Waals surface area contributed by atoms with Crippen LogP contribution in [0.5, 0.6) is 11.5 Å². The van der Waals surface area contributed by atoms with E-state index in [9.17, 15) is 19.5 Å². The van der Waals surface area contributed by atoms with Crippen molar-refractivity contribution in [3.8, 4) is 11.5 Å². The molecule has 0 radical (unpaired) electrons. The van der Waals surface area contributed by atoms with Crippen molar-refractivity contribution < 1.29 is 24.2 Å². The predicted octanol–water partition coefficient (Wildman–Crippen LogP) is 2.07. The van der Waals surface area contributed by atoms with Gasteiger partial charge in [-0.15, -0.1) is 0 Å². The number of rotatable bonds is 3. The number of aromatic hydroxyl groups is 1. The quantitative estimate of drug-likeness (QED) is 0.660. The van der Waals surface area contributed by atoms with Crippen LogP contribution < -0.4 is 15.0 Å². The van der Waals surface area contributed by atoms with Gasteiger partial charge >= 0.3 is 6.03 Å². The summed E-state index contributed by atoms with van der Waals surface area (Å²) in [6.07, 6.45) is 1.36. The molecule has 126 valence electrons. The Bertz CT molecular complexity index is 869. The van der Waals surface area contributed by atoms with Crippen LogP contribution in [0.3, 0.4) is 0 Å². The maximum atomic E-state index is 12.7. The zero-order valence-electron chi connectivity index (χ0n) is 13.2. The lowest BCUT2D eigenvalue weighted by molar-refractivity contribution is -0.122. The summed E-state index contributed by atoms with van der Waals surface area (Å²) in [4.78, 5) is 37.7. The van der Waals surface area contributed by atoms with E-state index < -0.39 is 17.8 Å². The number of ether oxygens (including phenoxy) is 1. The predicted molar refractivity (Wildman–Crippen MR) is 90.1 cm³/mol. The first-order chi connectivity index (χ1) is 12.0. The number of imide groups is 2. The first-order valence-electron chi connectivity index (χ1n) is 7.34. The van der Waals surface area contributed by atoms with Gasteiger partial charge in [-0.25, -0.2) is 9.69 Å². The molecule has 0 bridgehead atoms. The normalized spacial score (nSPS) is 16.1. The number of phenolic OH excluding ortho intramolecular Hbond substituents is 1. The van der Waals surface area contributed by atoms with E-state index >= 15 is 0 Å². The molecule has 1 fully saturated rings. The molecule has 7 heteroatoms. The van der Waals surface area contributed by atoms with Crippen LogP contribution in [-0.2, 0) is 9.59 Å². The molecule has 2 N–H and O–H groups in total. The number of nitrogens with one attached hydrogen (secondary N) is 1. The topological polar surface area (TPSA) is 95.9 Å². The van der Waals surface area contributed by atoms with Crippen LogP contribution in [0.1, 0.15) is 5.56 Å². The lowest BCUT2D eigenvalue weighted by Crippen LogP contribution is -2.54. The molecule has 7 nitrogen and oxygen atoms in total. The number of anilines is 1. The highest BCUT2D eigenvalue weighted by Crippen LogP contribution is 2.24. The first kappa shape index (κ1) is 16.3. The molecule has 1 heterocycles. The standard InChI is InChI=1S/C18H14N2O5/c1-25-14-8-4-12(5-9-14)20-17(23)15(16(22)19-18(20)24)10-11-2-6-13(21)7-3-11/h2-10,21H,1H3,(H,19,22,24)/b15-10-. The molecular weight excluding hydrogens is 324 g/mol. The highest BCUT2D eigenvalue weighted by Gasteiger charge is 2.36. The van der Waals surface area contributed by atoms with Gasteiger partial charge in [0.15, 0.2) is 0 Å². The fourth-order valence-corrected chi connectivity index (χ4v) is 2.36. The summed E-state index contributed by atoms with van der Waals surface area (Å²) in [5.74, 6) is -0.860. The van der Waals surface area contributed by atoms with Crippen molar-refractivity contribution in [3.63, 3.8) is 0 Å². The number of benzene rings is 2. The molecular formula is C18H14N2O5. The molecule has 1 aliphatic rings. The molecule has 0 aromatic heterocycles. The number of carbonyl (C=O) groups is 3. The Kier molecular flexibility index (Phi) is 4.21. The second kappa shape index (κ2) is 6.48. The fraction of sp³-hybridized carbons (Fsp3) is 0.0556. The van der Waals surface area contributed by atoms with Crippen LogP contribution >= 0.6 is 0 Å². The number of phenols is 1. The van der Waals surface area contributed by atoms with Crippen molar-refractivity contribution in [2.45, 2.75) is 0 Å². The molecule has 4 amide bonds. The summed E-state index contributed by atoms with van der Waals surface area (Å²) in [7, 11) is 1.50. The van der Waals surface area contributed by atoms with Gasteiger partial charge in [-0.05, 0) is 48.0 Å².